The molecular formula is C21H24N4O6S. The summed E-state index contributed by atoms with van der Waals surface area (Å²) < 4.78 is 31.6. The molecule has 2 aromatic carbocycles. The minimum absolute atomic E-state index is 0.118. The summed E-state index contributed by atoms with van der Waals surface area (Å²) in [7, 11) is -2.14. The molecule has 1 heterocycles. The quantitative estimate of drug-likeness (QED) is 0.520. The number of hydrogen-bond acceptors (Lipinski definition) is 6. The van der Waals surface area contributed by atoms with Crippen molar-refractivity contribution in [2.45, 2.75) is 17.7 Å². The average Bonchev–Trinajstić information content (AvgIpc) is 3.37. The van der Waals surface area contributed by atoms with E-state index >= 15 is 0 Å². The highest BCUT2D eigenvalue weighted by molar-refractivity contribution is 7.89. The fourth-order valence-corrected chi connectivity index (χ4v) is 4.71. The number of ether oxygens (including phenoxy) is 1. The minimum atomic E-state index is -3.56. The largest absolute Gasteiger partial charge is 0.496 e. The molecule has 0 unspecified atom stereocenters. The van der Waals surface area contributed by atoms with Crippen LogP contribution in [0.5, 0.6) is 5.75 Å². The van der Waals surface area contributed by atoms with Gasteiger partial charge in [0, 0.05) is 18.7 Å². The monoisotopic (exact) mass is 460 g/mol. The predicted octanol–water partition coefficient (Wildman–Crippen LogP) is 0.671. The number of hydrazine groups is 1. The Morgan fingerprint density at radius 2 is 1.59 bits per heavy atom. The van der Waals surface area contributed by atoms with E-state index in [0.29, 0.717) is 18.8 Å². The molecule has 11 heteroatoms. The topological polar surface area (TPSA) is 134 Å². The third-order valence-corrected chi connectivity index (χ3v) is 6.81. The zero-order valence-electron chi connectivity index (χ0n) is 17.5. The molecule has 0 aromatic heterocycles. The first-order valence-corrected chi connectivity index (χ1v) is 11.4. The molecule has 0 saturated carbocycles. The molecule has 10 nitrogen and oxygen atoms in total. The average molecular weight is 461 g/mol. The number of hydrogen-bond donors (Lipinski definition) is 3. The van der Waals surface area contributed by atoms with E-state index in [1.807, 2.05) is 0 Å². The Morgan fingerprint density at radius 1 is 0.938 bits per heavy atom. The van der Waals surface area contributed by atoms with E-state index in [2.05, 4.69) is 16.2 Å². The first-order chi connectivity index (χ1) is 15.3. The second-order valence-corrected chi connectivity index (χ2v) is 8.96. The maximum absolute atomic E-state index is 12.5. The van der Waals surface area contributed by atoms with Crippen molar-refractivity contribution in [3.8, 4) is 5.75 Å². The van der Waals surface area contributed by atoms with E-state index in [-0.39, 0.29) is 16.0 Å². The van der Waals surface area contributed by atoms with Crippen LogP contribution < -0.4 is 20.9 Å². The maximum Gasteiger partial charge on any atom is 0.273 e. The first-order valence-electron chi connectivity index (χ1n) is 9.93. The molecule has 3 amide bonds. The van der Waals surface area contributed by atoms with Crippen molar-refractivity contribution in [3.63, 3.8) is 0 Å². The zero-order valence-corrected chi connectivity index (χ0v) is 18.3. The van der Waals surface area contributed by atoms with Gasteiger partial charge in [-0.1, -0.05) is 12.1 Å². The minimum Gasteiger partial charge on any atom is -0.496 e. The van der Waals surface area contributed by atoms with Gasteiger partial charge in [-0.3, -0.25) is 25.2 Å². The van der Waals surface area contributed by atoms with Crippen molar-refractivity contribution in [2.24, 2.45) is 0 Å². The van der Waals surface area contributed by atoms with Crippen molar-refractivity contribution in [2.75, 3.05) is 26.7 Å². The lowest BCUT2D eigenvalue weighted by Crippen LogP contribution is -2.46. The fourth-order valence-electron chi connectivity index (χ4n) is 3.19. The Hall–Kier alpha value is -3.44. The van der Waals surface area contributed by atoms with E-state index < -0.39 is 34.3 Å². The van der Waals surface area contributed by atoms with Gasteiger partial charge >= 0.3 is 0 Å². The molecule has 170 valence electrons. The normalized spacial score (nSPS) is 13.9. The van der Waals surface area contributed by atoms with Crippen LogP contribution in [0.1, 0.15) is 33.6 Å². The molecule has 0 radical (unpaired) electrons. The number of nitrogens with one attached hydrogen (secondary N) is 3. The number of benzene rings is 2. The van der Waals surface area contributed by atoms with Gasteiger partial charge in [0.15, 0.2) is 0 Å². The molecule has 0 bridgehead atoms. The van der Waals surface area contributed by atoms with E-state index in [9.17, 15) is 22.8 Å². The molecule has 3 rings (SSSR count). The van der Waals surface area contributed by atoms with Crippen LogP contribution in [0.4, 0.5) is 0 Å². The highest BCUT2D eigenvalue weighted by atomic mass is 32.2. The molecule has 1 fully saturated rings. The number of nitrogens with zero attached hydrogens (tertiary/aromatic N) is 1. The molecular weight excluding hydrogens is 436 g/mol. The molecule has 0 atom stereocenters. The van der Waals surface area contributed by atoms with E-state index in [1.54, 1.807) is 18.2 Å². The smallest absolute Gasteiger partial charge is 0.273 e. The molecule has 3 N–H and O–H groups in total. The van der Waals surface area contributed by atoms with Crippen molar-refractivity contribution >= 4 is 27.7 Å². The van der Waals surface area contributed by atoms with Crippen LogP contribution in [0.15, 0.2) is 53.4 Å². The summed E-state index contributed by atoms with van der Waals surface area (Å²) in [6.07, 6.45) is 1.67. The summed E-state index contributed by atoms with van der Waals surface area (Å²) in [6.45, 7) is 0.597. The van der Waals surface area contributed by atoms with Gasteiger partial charge in [-0.2, -0.15) is 4.31 Å². The number of methoxy groups -OCH3 is 1. The van der Waals surface area contributed by atoms with Gasteiger partial charge < -0.3 is 10.1 Å². The maximum atomic E-state index is 12.5. The Bertz CT molecular complexity index is 1100. The van der Waals surface area contributed by atoms with Gasteiger partial charge in [-0.15, -0.1) is 0 Å². The summed E-state index contributed by atoms with van der Waals surface area (Å²) in [5.74, 6) is -1.42. The predicted molar refractivity (Wildman–Crippen MR) is 115 cm³/mol. The van der Waals surface area contributed by atoms with Crippen molar-refractivity contribution in [3.05, 3.63) is 59.7 Å². The summed E-state index contributed by atoms with van der Waals surface area (Å²) >= 11 is 0. The zero-order chi connectivity index (χ0) is 23.1. The first kappa shape index (κ1) is 23.2. The third-order valence-electron chi connectivity index (χ3n) is 4.90. The van der Waals surface area contributed by atoms with E-state index in [1.165, 1.54) is 41.7 Å². The van der Waals surface area contributed by atoms with E-state index in [0.717, 1.165) is 12.8 Å². The Morgan fingerprint density at radius 3 is 2.25 bits per heavy atom. The van der Waals surface area contributed by atoms with Crippen molar-refractivity contribution in [1.82, 2.24) is 20.5 Å². The molecule has 0 spiro atoms. The van der Waals surface area contributed by atoms with Crippen LogP contribution in [0.2, 0.25) is 0 Å². The van der Waals surface area contributed by atoms with Gasteiger partial charge in [0.25, 0.3) is 17.7 Å². The van der Waals surface area contributed by atoms with Gasteiger partial charge in [0.05, 0.1) is 24.1 Å². The number of carbonyl (C=O) groups is 3. The van der Waals surface area contributed by atoms with Crippen LogP contribution in [0.25, 0.3) is 0 Å². The number of rotatable bonds is 7. The standard InChI is InChI=1S/C21H24N4O6S/c1-31-18-7-3-2-6-17(18)21(28)24-23-19(26)14-22-20(27)15-8-10-16(11-9-15)32(29,30)25-12-4-5-13-25/h2-3,6-11H,4-5,12-14H2,1H3,(H,22,27)(H,23,26)(H,24,28). The molecule has 2 aromatic rings. The molecule has 1 saturated heterocycles. The Labute approximate surface area is 186 Å². The van der Waals surface area contributed by atoms with Crippen LogP contribution in [0.3, 0.4) is 0 Å². The second-order valence-electron chi connectivity index (χ2n) is 7.02. The lowest BCUT2D eigenvalue weighted by molar-refractivity contribution is -0.120. The second kappa shape index (κ2) is 10.2. The van der Waals surface area contributed by atoms with Crippen LogP contribution in [-0.4, -0.2) is 57.2 Å². The summed E-state index contributed by atoms with van der Waals surface area (Å²) in [5, 5.41) is 2.41. The van der Waals surface area contributed by atoms with Gasteiger partial charge in [0.1, 0.15) is 5.75 Å². The fraction of sp³-hybridized carbons (Fsp3) is 0.286. The highest BCUT2D eigenvalue weighted by Crippen LogP contribution is 2.21. The third kappa shape index (κ3) is 5.42. The Kier molecular flexibility index (Phi) is 7.44. The molecule has 1 aliphatic rings. The Balaban J connectivity index is 1.49. The van der Waals surface area contributed by atoms with Gasteiger partial charge in [-0.05, 0) is 49.2 Å². The molecule has 0 aliphatic carbocycles. The lowest BCUT2D eigenvalue weighted by Gasteiger charge is -2.15. The van der Waals surface area contributed by atoms with Crippen LogP contribution in [0, 0.1) is 0 Å². The van der Waals surface area contributed by atoms with Crippen molar-refractivity contribution in [1.29, 1.82) is 0 Å². The highest BCUT2D eigenvalue weighted by Gasteiger charge is 2.27. The molecule has 1 aliphatic heterocycles. The van der Waals surface area contributed by atoms with Gasteiger partial charge in [-0.25, -0.2) is 8.42 Å². The molecule has 32 heavy (non-hydrogen) atoms. The van der Waals surface area contributed by atoms with Crippen molar-refractivity contribution < 1.29 is 27.5 Å². The summed E-state index contributed by atoms with van der Waals surface area (Å²) in [4.78, 5) is 36.5. The summed E-state index contributed by atoms with van der Waals surface area (Å²) in [6, 6.07) is 12.0. The van der Waals surface area contributed by atoms with Crippen LogP contribution >= 0.6 is 0 Å². The number of amides is 3. The van der Waals surface area contributed by atoms with E-state index in [4.69, 9.17) is 4.74 Å². The SMILES string of the molecule is COc1ccccc1C(=O)NNC(=O)CNC(=O)c1ccc(S(=O)(=O)N2CCCC2)cc1. The van der Waals surface area contributed by atoms with Gasteiger partial charge in [0.2, 0.25) is 10.0 Å². The summed E-state index contributed by atoms with van der Waals surface area (Å²) in [5.41, 5.74) is 4.90. The lowest BCUT2D eigenvalue weighted by atomic mass is 10.2. The number of carbonyl (C=O) groups excluding carboxylic acids is 3. The van der Waals surface area contributed by atoms with Crippen LogP contribution in [-0.2, 0) is 14.8 Å². The number of para-hydroxylation sites is 1. The number of sulfonamides is 1.